The molecular formula is C19H24ClNO7. The van der Waals surface area contributed by atoms with Crippen LogP contribution in [-0.2, 0) is 28.5 Å². The summed E-state index contributed by atoms with van der Waals surface area (Å²) in [4.78, 5) is 13.1. The molecule has 1 amide bonds. The number of nitrogens with one attached hydrogen (secondary N) is 1. The predicted molar refractivity (Wildman–Crippen MR) is 99.2 cm³/mol. The number of hydrogen-bond acceptors (Lipinski definition) is 7. The van der Waals surface area contributed by atoms with E-state index < -0.39 is 48.2 Å². The van der Waals surface area contributed by atoms with Crippen molar-refractivity contribution in [3.05, 3.63) is 23.2 Å². The van der Waals surface area contributed by atoms with Crippen LogP contribution in [0.25, 0.3) is 0 Å². The van der Waals surface area contributed by atoms with Gasteiger partial charge in [0.1, 0.15) is 24.1 Å². The Balaban J connectivity index is 1.60. The van der Waals surface area contributed by atoms with Gasteiger partial charge in [-0.3, -0.25) is 4.79 Å². The van der Waals surface area contributed by atoms with Gasteiger partial charge in [-0.05, 0) is 45.9 Å². The molecule has 0 saturated carbocycles. The Morgan fingerprint density at radius 3 is 2.39 bits per heavy atom. The Hall–Kier alpha value is -1.42. The lowest BCUT2D eigenvalue weighted by Gasteiger charge is -2.36. The molecule has 154 valence electrons. The molecular weight excluding hydrogens is 390 g/mol. The van der Waals surface area contributed by atoms with E-state index in [-0.39, 0.29) is 0 Å². The van der Waals surface area contributed by atoms with Gasteiger partial charge in [0.2, 0.25) is 0 Å². The van der Waals surface area contributed by atoms with Gasteiger partial charge in [0.15, 0.2) is 24.0 Å². The van der Waals surface area contributed by atoms with Crippen LogP contribution in [0.15, 0.2) is 18.2 Å². The van der Waals surface area contributed by atoms with Gasteiger partial charge in [0, 0.05) is 5.02 Å². The SMILES string of the molecule is COc1ccc(Cl)cc1NC(=O)[C@H]1O[C@@H]2OC(C)(C)O[C@@H]2[C@@H]2OC(C)(C)O[C@@H]21. The Kier molecular flexibility index (Phi) is 4.85. The number of fused-ring (bicyclic) bond motifs is 3. The number of carbonyl (C=O) groups excluding carboxylic acids is 1. The molecule has 4 rings (SSSR count). The first-order valence-corrected chi connectivity index (χ1v) is 9.47. The zero-order chi connectivity index (χ0) is 20.3. The highest BCUT2D eigenvalue weighted by Gasteiger charge is 2.62. The number of carbonyl (C=O) groups is 1. The van der Waals surface area contributed by atoms with Crippen LogP contribution in [0.4, 0.5) is 5.69 Å². The molecule has 0 unspecified atom stereocenters. The number of benzene rings is 1. The second-order valence-electron chi connectivity index (χ2n) is 7.92. The topological polar surface area (TPSA) is 84.5 Å². The first kappa shape index (κ1) is 19.9. The molecule has 9 heteroatoms. The number of hydrogen-bond donors (Lipinski definition) is 1. The van der Waals surface area contributed by atoms with E-state index in [0.29, 0.717) is 16.5 Å². The summed E-state index contributed by atoms with van der Waals surface area (Å²) in [5.41, 5.74) is 0.435. The molecule has 3 aliphatic rings. The average Bonchev–Trinajstić information content (AvgIpc) is 3.08. The van der Waals surface area contributed by atoms with Crippen molar-refractivity contribution >= 4 is 23.2 Å². The maximum atomic E-state index is 13.1. The highest BCUT2D eigenvalue weighted by atomic mass is 35.5. The van der Waals surface area contributed by atoms with Crippen molar-refractivity contribution in [1.29, 1.82) is 0 Å². The van der Waals surface area contributed by atoms with E-state index in [1.807, 2.05) is 0 Å². The van der Waals surface area contributed by atoms with Crippen molar-refractivity contribution in [2.45, 2.75) is 70.0 Å². The smallest absolute Gasteiger partial charge is 0.256 e. The van der Waals surface area contributed by atoms with Gasteiger partial charge >= 0.3 is 0 Å². The molecule has 3 saturated heterocycles. The second-order valence-corrected chi connectivity index (χ2v) is 8.36. The van der Waals surface area contributed by atoms with Gasteiger partial charge in [-0.1, -0.05) is 11.6 Å². The van der Waals surface area contributed by atoms with Crippen molar-refractivity contribution in [2.24, 2.45) is 0 Å². The Labute approximate surface area is 168 Å². The van der Waals surface area contributed by atoms with Crippen LogP contribution < -0.4 is 10.1 Å². The number of rotatable bonds is 3. The molecule has 8 nitrogen and oxygen atoms in total. The molecule has 5 atom stereocenters. The summed E-state index contributed by atoms with van der Waals surface area (Å²) >= 11 is 6.05. The molecule has 28 heavy (non-hydrogen) atoms. The highest BCUT2D eigenvalue weighted by molar-refractivity contribution is 6.31. The molecule has 0 aliphatic carbocycles. The maximum Gasteiger partial charge on any atom is 0.256 e. The van der Waals surface area contributed by atoms with E-state index in [0.717, 1.165) is 0 Å². The minimum Gasteiger partial charge on any atom is -0.495 e. The van der Waals surface area contributed by atoms with E-state index in [1.54, 1.807) is 45.9 Å². The number of amides is 1. The van der Waals surface area contributed by atoms with Gasteiger partial charge in [0.25, 0.3) is 5.91 Å². The summed E-state index contributed by atoms with van der Waals surface area (Å²) in [5, 5.41) is 3.27. The molecule has 3 fully saturated rings. The molecule has 0 aromatic heterocycles. The fourth-order valence-electron chi connectivity index (χ4n) is 3.81. The maximum absolute atomic E-state index is 13.1. The third-order valence-electron chi connectivity index (χ3n) is 4.83. The summed E-state index contributed by atoms with van der Waals surface area (Å²) in [6, 6.07) is 4.96. The Morgan fingerprint density at radius 1 is 1.04 bits per heavy atom. The molecule has 3 heterocycles. The minimum atomic E-state index is -0.964. The van der Waals surface area contributed by atoms with Gasteiger partial charge in [-0.2, -0.15) is 0 Å². The molecule has 0 radical (unpaired) electrons. The largest absolute Gasteiger partial charge is 0.495 e. The molecule has 1 N–H and O–H groups in total. The molecule has 0 spiro atoms. The number of ether oxygens (including phenoxy) is 6. The van der Waals surface area contributed by atoms with Crippen molar-refractivity contribution < 1.29 is 33.2 Å². The Bertz CT molecular complexity index is 784. The third-order valence-corrected chi connectivity index (χ3v) is 5.07. The monoisotopic (exact) mass is 413 g/mol. The van der Waals surface area contributed by atoms with E-state index in [9.17, 15) is 4.79 Å². The zero-order valence-electron chi connectivity index (χ0n) is 16.4. The molecule has 1 aromatic carbocycles. The highest BCUT2D eigenvalue weighted by Crippen LogP contribution is 2.44. The third kappa shape index (κ3) is 3.60. The summed E-state index contributed by atoms with van der Waals surface area (Å²) in [7, 11) is 1.51. The summed E-state index contributed by atoms with van der Waals surface area (Å²) in [6.45, 7) is 7.15. The van der Waals surface area contributed by atoms with Crippen LogP contribution in [0.5, 0.6) is 5.75 Å². The van der Waals surface area contributed by atoms with Crippen LogP contribution in [0.3, 0.4) is 0 Å². The first-order valence-electron chi connectivity index (χ1n) is 9.10. The van der Waals surface area contributed by atoms with E-state index in [1.165, 1.54) is 7.11 Å². The lowest BCUT2D eigenvalue weighted by atomic mass is 9.98. The van der Waals surface area contributed by atoms with E-state index in [4.69, 9.17) is 40.0 Å². The van der Waals surface area contributed by atoms with Crippen molar-refractivity contribution in [2.75, 3.05) is 12.4 Å². The molecule has 0 bridgehead atoms. The van der Waals surface area contributed by atoms with Gasteiger partial charge < -0.3 is 33.7 Å². The lowest BCUT2D eigenvalue weighted by Crippen LogP contribution is -2.58. The fourth-order valence-corrected chi connectivity index (χ4v) is 3.98. The van der Waals surface area contributed by atoms with E-state index >= 15 is 0 Å². The molecule has 3 aliphatic heterocycles. The quantitative estimate of drug-likeness (QED) is 0.815. The van der Waals surface area contributed by atoms with Crippen LogP contribution in [0.1, 0.15) is 27.7 Å². The average molecular weight is 414 g/mol. The lowest BCUT2D eigenvalue weighted by molar-refractivity contribution is -0.229. The molecule has 1 aromatic rings. The minimum absolute atomic E-state index is 0.413. The fraction of sp³-hybridized carbons (Fsp3) is 0.632. The van der Waals surface area contributed by atoms with Gasteiger partial charge in [-0.25, -0.2) is 0 Å². The first-order chi connectivity index (χ1) is 13.1. The Morgan fingerprint density at radius 2 is 1.68 bits per heavy atom. The second kappa shape index (κ2) is 6.83. The predicted octanol–water partition coefficient (Wildman–Crippen LogP) is 2.68. The number of methoxy groups -OCH3 is 1. The summed E-state index contributed by atoms with van der Waals surface area (Å²) in [5.74, 6) is -1.66. The van der Waals surface area contributed by atoms with Crippen LogP contribution in [0.2, 0.25) is 5.02 Å². The van der Waals surface area contributed by atoms with Crippen LogP contribution in [-0.4, -0.2) is 55.3 Å². The van der Waals surface area contributed by atoms with Gasteiger partial charge in [0.05, 0.1) is 12.8 Å². The van der Waals surface area contributed by atoms with Crippen LogP contribution in [0, 0.1) is 0 Å². The van der Waals surface area contributed by atoms with Crippen molar-refractivity contribution in [3.63, 3.8) is 0 Å². The zero-order valence-corrected chi connectivity index (χ0v) is 17.1. The number of anilines is 1. The standard InChI is InChI=1S/C19H24ClNO7/c1-18(2)25-12-13(26-18)15-17(28-19(3,4)27-15)24-14(12)16(22)21-10-8-9(20)6-7-11(10)23-5/h6-8,12-15,17H,1-5H3,(H,21,22)/t12-,13+,14-,15+,17+/m0/s1. The van der Waals surface area contributed by atoms with Crippen LogP contribution >= 0.6 is 11.6 Å². The van der Waals surface area contributed by atoms with Gasteiger partial charge in [-0.15, -0.1) is 0 Å². The summed E-state index contributed by atoms with van der Waals surface area (Å²) < 4.78 is 35.0. The normalized spacial score (nSPS) is 35.1. The van der Waals surface area contributed by atoms with Crippen molar-refractivity contribution in [3.8, 4) is 5.75 Å². The van der Waals surface area contributed by atoms with E-state index in [2.05, 4.69) is 5.32 Å². The summed E-state index contributed by atoms with van der Waals surface area (Å²) in [6.07, 6.45) is -3.36. The number of halogens is 1. The van der Waals surface area contributed by atoms with Crippen molar-refractivity contribution in [1.82, 2.24) is 0 Å².